The van der Waals surface area contributed by atoms with Crippen LogP contribution in [0.3, 0.4) is 0 Å². The number of carbonyl (C=O) groups excluding carboxylic acids is 1. The standard InChI is InChI=1S/C21H28N4O2.HI/c1-3-23-21(24-14-13-19(26)17-7-5-4-6-8-17)25-15-16-9-11-18(12-10-16)20(27)22-2;/h4-12,19,26H,3,13-15H2,1-2H3,(H,22,27)(H2,23,24,25);1H. The number of halogens is 1. The molecule has 2 aromatic rings. The summed E-state index contributed by atoms with van der Waals surface area (Å²) in [6.07, 6.45) is 0.0914. The SMILES string of the molecule is CCNC(=NCc1ccc(C(=O)NC)cc1)NCCC(O)c1ccccc1.I. The molecule has 0 saturated heterocycles. The van der Waals surface area contributed by atoms with Crippen molar-refractivity contribution in [3.05, 3.63) is 71.3 Å². The maximum absolute atomic E-state index is 11.6. The van der Waals surface area contributed by atoms with Crippen LogP contribution in [0.1, 0.15) is 40.9 Å². The molecule has 7 heteroatoms. The summed E-state index contributed by atoms with van der Waals surface area (Å²) in [4.78, 5) is 16.1. The minimum Gasteiger partial charge on any atom is -0.388 e. The number of hydrogen-bond acceptors (Lipinski definition) is 3. The molecule has 0 spiro atoms. The lowest BCUT2D eigenvalue weighted by atomic mass is 10.1. The third-order valence-corrected chi connectivity index (χ3v) is 4.10. The van der Waals surface area contributed by atoms with Gasteiger partial charge in [0.2, 0.25) is 0 Å². The van der Waals surface area contributed by atoms with E-state index in [4.69, 9.17) is 0 Å². The lowest BCUT2D eigenvalue weighted by molar-refractivity contribution is 0.0963. The zero-order valence-corrected chi connectivity index (χ0v) is 18.6. The fraction of sp³-hybridized carbons (Fsp3) is 0.333. The number of hydrogen-bond donors (Lipinski definition) is 4. The van der Waals surface area contributed by atoms with Crippen molar-refractivity contribution in [3.63, 3.8) is 0 Å². The minimum absolute atomic E-state index is 0. The highest BCUT2D eigenvalue weighted by molar-refractivity contribution is 14.0. The van der Waals surface area contributed by atoms with Crippen molar-refractivity contribution < 1.29 is 9.90 Å². The summed E-state index contributed by atoms with van der Waals surface area (Å²) in [5, 5.41) is 19.3. The van der Waals surface area contributed by atoms with Gasteiger partial charge in [0.25, 0.3) is 5.91 Å². The molecular formula is C21H29IN4O2. The number of aliphatic imine (C=N–C) groups is 1. The monoisotopic (exact) mass is 496 g/mol. The van der Waals surface area contributed by atoms with E-state index in [1.807, 2.05) is 49.4 Å². The van der Waals surface area contributed by atoms with Crippen LogP contribution in [-0.4, -0.2) is 37.1 Å². The van der Waals surface area contributed by atoms with Crippen molar-refractivity contribution in [1.82, 2.24) is 16.0 Å². The first-order valence-corrected chi connectivity index (χ1v) is 9.20. The average molecular weight is 496 g/mol. The Bertz CT molecular complexity index is 736. The highest BCUT2D eigenvalue weighted by Crippen LogP contribution is 2.14. The van der Waals surface area contributed by atoms with Crippen molar-refractivity contribution >= 4 is 35.8 Å². The molecule has 0 aliphatic carbocycles. The van der Waals surface area contributed by atoms with Gasteiger partial charge in [0, 0.05) is 25.7 Å². The predicted molar refractivity (Wildman–Crippen MR) is 124 cm³/mol. The molecule has 0 aromatic heterocycles. The van der Waals surface area contributed by atoms with Gasteiger partial charge in [0.05, 0.1) is 12.6 Å². The van der Waals surface area contributed by atoms with Crippen LogP contribution in [0.4, 0.5) is 0 Å². The first-order valence-electron chi connectivity index (χ1n) is 9.20. The number of benzene rings is 2. The van der Waals surface area contributed by atoms with Gasteiger partial charge in [-0.3, -0.25) is 4.79 Å². The summed E-state index contributed by atoms with van der Waals surface area (Å²) in [7, 11) is 1.61. The zero-order valence-electron chi connectivity index (χ0n) is 16.3. The van der Waals surface area contributed by atoms with Gasteiger partial charge in [-0.25, -0.2) is 4.99 Å². The Morgan fingerprint density at radius 2 is 1.75 bits per heavy atom. The quantitative estimate of drug-likeness (QED) is 0.257. The summed E-state index contributed by atoms with van der Waals surface area (Å²) in [6.45, 7) is 3.87. The van der Waals surface area contributed by atoms with Gasteiger partial charge >= 0.3 is 0 Å². The molecule has 4 N–H and O–H groups in total. The molecule has 0 radical (unpaired) electrons. The molecule has 6 nitrogen and oxygen atoms in total. The van der Waals surface area contributed by atoms with Crippen LogP contribution in [0.25, 0.3) is 0 Å². The number of aliphatic hydroxyl groups excluding tert-OH is 1. The Morgan fingerprint density at radius 1 is 1.07 bits per heavy atom. The highest BCUT2D eigenvalue weighted by Gasteiger charge is 2.07. The number of guanidine groups is 1. The van der Waals surface area contributed by atoms with E-state index < -0.39 is 6.10 Å². The van der Waals surface area contributed by atoms with E-state index in [0.29, 0.717) is 31.0 Å². The highest BCUT2D eigenvalue weighted by atomic mass is 127. The topological polar surface area (TPSA) is 85.8 Å². The smallest absolute Gasteiger partial charge is 0.251 e. The number of nitrogens with one attached hydrogen (secondary N) is 3. The third-order valence-electron chi connectivity index (χ3n) is 4.10. The number of aliphatic hydroxyl groups is 1. The molecule has 0 fully saturated rings. The molecule has 1 unspecified atom stereocenters. The van der Waals surface area contributed by atoms with Gasteiger partial charge in [0.15, 0.2) is 5.96 Å². The van der Waals surface area contributed by atoms with Crippen molar-refractivity contribution in [1.29, 1.82) is 0 Å². The lowest BCUT2D eigenvalue weighted by Crippen LogP contribution is -2.38. The van der Waals surface area contributed by atoms with Crippen molar-refractivity contribution in [2.45, 2.75) is 26.0 Å². The van der Waals surface area contributed by atoms with Crippen molar-refractivity contribution in [2.75, 3.05) is 20.1 Å². The maximum atomic E-state index is 11.6. The van der Waals surface area contributed by atoms with E-state index in [1.165, 1.54) is 0 Å². The van der Waals surface area contributed by atoms with E-state index in [-0.39, 0.29) is 29.9 Å². The molecule has 152 valence electrons. The summed E-state index contributed by atoms with van der Waals surface area (Å²) < 4.78 is 0. The second kappa shape index (κ2) is 13.1. The largest absolute Gasteiger partial charge is 0.388 e. The molecule has 28 heavy (non-hydrogen) atoms. The fourth-order valence-corrected chi connectivity index (χ4v) is 2.59. The van der Waals surface area contributed by atoms with E-state index in [9.17, 15) is 9.90 Å². The number of nitrogens with zero attached hydrogens (tertiary/aromatic N) is 1. The maximum Gasteiger partial charge on any atom is 0.251 e. The number of amides is 1. The molecule has 2 aromatic carbocycles. The molecule has 2 rings (SSSR count). The van der Waals surface area contributed by atoms with E-state index >= 15 is 0 Å². The molecule has 0 saturated carbocycles. The Hall–Kier alpha value is -2.13. The number of rotatable bonds is 8. The van der Waals surface area contributed by atoms with Crippen LogP contribution >= 0.6 is 24.0 Å². The molecule has 0 bridgehead atoms. The van der Waals surface area contributed by atoms with Gasteiger partial charge in [-0.05, 0) is 36.6 Å². The van der Waals surface area contributed by atoms with Crippen molar-refractivity contribution in [3.8, 4) is 0 Å². The fourth-order valence-electron chi connectivity index (χ4n) is 2.59. The van der Waals surface area contributed by atoms with E-state index in [2.05, 4.69) is 20.9 Å². The van der Waals surface area contributed by atoms with E-state index in [0.717, 1.165) is 17.7 Å². The van der Waals surface area contributed by atoms with Gasteiger partial charge in [-0.2, -0.15) is 0 Å². The Morgan fingerprint density at radius 3 is 2.36 bits per heavy atom. The van der Waals surface area contributed by atoms with Crippen molar-refractivity contribution in [2.24, 2.45) is 4.99 Å². The summed E-state index contributed by atoms with van der Waals surface area (Å²) in [6, 6.07) is 17.0. The van der Waals surface area contributed by atoms with Crippen LogP contribution in [-0.2, 0) is 6.54 Å². The van der Waals surface area contributed by atoms with Crippen LogP contribution in [0.15, 0.2) is 59.6 Å². The van der Waals surface area contributed by atoms with E-state index in [1.54, 1.807) is 19.2 Å². The molecule has 1 atom stereocenters. The number of carbonyl (C=O) groups is 1. The van der Waals surface area contributed by atoms with Gasteiger partial charge in [0.1, 0.15) is 0 Å². The summed E-state index contributed by atoms with van der Waals surface area (Å²) in [5.41, 5.74) is 2.56. The zero-order chi connectivity index (χ0) is 19.5. The van der Waals surface area contributed by atoms with Crippen LogP contribution in [0, 0.1) is 0 Å². The summed E-state index contributed by atoms with van der Waals surface area (Å²) in [5.74, 6) is 0.602. The Kier molecular flexibility index (Phi) is 11.2. The predicted octanol–water partition coefficient (Wildman–Crippen LogP) is 2.84. The van der Waals surface area contributed by atoms with Gasteiger partial charge in [-0.15, -0.1) is 24.0 Å². The first kappa shape index (κ1) is 23.9. The van der Waals surface area contributed by atoms with Crippen LogP contribution < -0.4 is 16.0 Å². The van der Waals surface area contributed by atoms with Crippen LogP contribution in [0.5, 0.6) is 0 Å². The second-order valence-corrected chi connectivity index (χ2v) is 6.11. The van der Waals surface area contributed by atoms with Gasteiger partial charge < -0.3 is 21.1 Å². The Balaban J connectivity index is 0.00000392. The molecule has 1 amide bonds. The Labute approximate surface area is 183 Å². The first-order chi connectivity index (χ1) is 13.1. The van der Waals surface area contributed by atoms with Crippen LogP contribution in [0.2, 0.25) is 0 Å². The summed E-state index contributed by atoms with van der Waals surface area (Å²) >= 11 is 0. The molecule has 0 aliphatic rings. The second-order valence-electron chi connectivity index (χ2n) is 6.11. The molecular weight excluding hydrogens is 467 g/mol. The molecule has 0 heterocycles. The molecule has 0 aliphatic heterocycles. The average Bonchev–Trinajstić information content (AvgIpc) is 2.72. The van der Waals surface area contributed by atoms with Gasteiger partial charge in [-0.1, -0.05) is 42.5 Å². The third kappa shape index (κ3) is 7.85. The lowest BCUT2D eigenvalue weighted by Gasteiger charge is -2.14. The normalized spacial score (nSPS) is 11.9. The minimum atomic E-state index is -0.501.